The third-order valence-corrected chi connectivity index (χ3v) is 7.83. The van der Waals surface area contributed by atoms with Crippen LogP contribution in [0.3, 0.4) is 0 Å². The third-order valence-electron chi connectivity index (χ3n) is 5.60. The molecule has 4 rings (SSSR count). The fourth-order valence-electron chi connectivity index (χ4n) is 3.93. The van der Waals surface area contributed by atoms with E-state index in [2.05, 4.69) is 5.32 Å². The molecule has 0 spiro atoms. The van der Waals surface area contributed by atoms with Gasteiger partial charge in [-0.05, 0) is 81.0 Å². The van der Waals surface area contributed by atoms with Gasteiger partial charge in [0.05, 0.1) is 21.6 Å². The number of benzene rings is 2. The largest absolute Gasteiger partial charge is 0.490 e. The van der Waals surface area contributed by atoms with Crippen molar-refractivity contribution in [1.82, 2.24) is 4.31 Å². The zero-order valence-electron chi connectivity index (χ0n) is 16.6. The first-order chi connectivity index (χ1) is 14.4. The topological polar surface area (TPSA) is 75.7 Å². The summed E-state index contributed by atoms with van der Waals surface area (Å²) in [7, 11) is -3.62. The summed E-state index contributed by atoms with van der Waals surface area (Å²) in [5.74, 6) is 0.319. The van der Waals surface area contributed by atoms with E-state index in [4.69, 9.17) is 16.3 Å². The summed E-state index contributed by atoms with van der Waals surface area (Å²) in [5, 5.41) is 2.98. The van der Waals surface area contributed by atoms with E-state index in [1.54, 1.807) is 12.1 Å². The number of hydrogen-bond donors (Lipinski definition) is 1. The molecular weight excluding hydrogens is 424 g/mol. The molecule has 0 aromatic heterocycles. The molecule has 6 nitrogen and oxygen atoms in total. The van der Waals surface area contributed by atoms with Crippen LogP contribution in [0.25, 0.3) is 0 Å². The molecule has 160 valence electrons. The van der Waals surface area contributed by atoms with Crippen molar-refractivity contribution in [3.05, 3.63) is 53.1 Å². The molecule has 2 fully saturated rings. The van der Waals surface area contributed by atoms with Gasteiger partial charge in [0.2, 0.25) is 10.0 Å². The van der Waals surface area contributed by atoms with Gasteiger partial charge in [0, 0.05) is 18.8 Å². The van der Waals surface area contributed by atoms with Crippen molar-refractivity contribution in [2.24, 2.45) is 0 Å². The highest BCUT2D eigenvalue weighted by molar-refractivity contribution is 7.89. The van der Waals surface area contributed by atoms with Crippen LogP contribution in [0.2, 0.25) is 5.02 Å². The van der Waals surface area contributed by atoms with Crippen LogP contribution in [0.5, 0.6) is 5.75 Å². The van der Waals surface area contributed by atoms with E-state index in [-0.39, 0.29) is 21.6 Å². The second-order valence-electron chi connectivity index (χ2n) is 7.76. The molecule has 0 atom stereocenters. The lowest BCUT2D eigenvalue weighted by Gasteiger charge is -2.16. The van der Waals surface area contributed by atoms with Crippen molar-refractivity contribution >= 4 is 33.2 Å². The first-order valence-electron chi connectivity index (χ1n) is 10.3. The third kappa shape index (κ3) is 4.63. The number of nitrogens with one attached hydrogen (secondary N) is 1. The van der Waals surface area contributed by atoms with Gasteiger partial charge in [-0.2, -0.15) is 4.31 Å². The lowest BCUT2D eigenvalue weighted by Crippen LogP contribution is -2.28. The Labute approximate surface area is 182 Å². The SMILES string of the molecule is O=C(Nc1ccc(OC2CCCC2)cc1)c1cc(S(=O)(=O)N2CCCC2)ccc1Cl. The van der Waals surface area contributed by atoms with Crippen LogP contribution >= 0.6 is 11.6 Å². The molecule has 2 aliphatic rings. The number of sulfonamides is 1. The van der Waals surface area contributed by atoms with Crippen LogP contribution in [-0.4, -0.2) is 37.8 Å². The fraction of sp³-hybridized carbons (Fsp3) is 0.409. The van der Waals surface area contributed by atoms with Gasteiger partial charge in [-0.1, -0.05) is 11.6 Å². The summed E-state index contributed by atoms with van der Waals surface area (Å²) >= 11 is 6.20. The van der Waals surface area contributed by atoms with Crippen molar-refractivity contribution in [2.45, 2.75) is 49.5 Å². The lowest BCUT2D eigenvalue weighted by molar-refractivity contribution is 0.102. The number of carbonyl (C=O) groups excluding carboxylic acids is 1. The van der Waals surface area contributed by atoms with Gasteiger partial charge in [-0.15, -0.1) is 0 Å². The van der Waals surface area contributed by atoms with Crippen LogP contribution in [0.4, 0.5) is 5.69 Å². The zero-order chi connectivity index (χ0) is 21.1. The predicted octanol–water partition coefficient (Wildman–Crippen LogP) is 4.70. The molecule has 1 N–H and O–H groups in total. The minimum Gasteiger partial charge on any atom is -0.490 e. The molecule has 0 radical (unpaired) electrons. The van der Waals surface area contributed by atoms with E-state index in [0.29, 0.717) is 18.8 Å². The number of halogens is 1. The first kappa shape index (κ1) is 21.2. The smallest absolute Gasteiger partial charge is 0.257 e. The highest BCUT2D eigenvalue weighted by Crippen LogP contribution is 2.27. The summed E-state index contributed by atoms with van der Waals surface area (Å²) in [6, 6.07) is 11.4. The van der Waals surface area contributed by atoms with Crippen LogP contribution < -0.4 is 10.1 Å². The van der Waals surface area contributed by atoms with Crippen molar-refractivity contribution in [3.8, 4) is 5.75 Å². The van der Waals surface area contributed by atoms with Gasteiger partial charge in [-0.3, -0.25) is 4.79 Å². The van der Waals surface area contributed by atoms with Gasteiger partial charge >= 0.3 is 0 Å². The standard InChI is InChI=1S/C22H25ClN2O4S/c23-21-12-11-19(30(27,28)25-13-3-4-14-25)15-20(21)22(26)24-16-7-9-18(10-8-16)29-17-5-1-2-6-17/h7-12,15,17H,1-6,13-14H2,(H,24,26). The second kappa shape index (κ2) is 8.96. The molecule has 1 amide bonds. The zero-order valence-corrected chi connectivity index (χ0v) is 18.2. The summed E-state index contributed by atoms with van der Waals surface area (Å²) in [6.45, 7) is 1.00. The highest BCUT2D eigenvalue weighted by Gasteiger charge is 2.28. The molecular formula is C22H25ClN2O4S. The van der Waals surface area contributed by atoms with Crippen molar-refractivity contribution < 1.29 is 17.9 Å². The Hall–Kier alpha value is -2.09. The first-order valence-corrected chi connectivity index (χ1v) is 12.1. The van der Waals surface area contributed by atoms with Crippen LogP contribution in [0, 0.1) is 0 Å². The maximum absolute atomic E-state index is 12.8. The van der Waals surface area contributed by atoms with E-state index in [9.17, 15) is 13.2 Å². The number of nitrogens with zero attached hydrogens (tertiary/aromatic N) is 1. The predicted molar refractivity (Wildman–Crippen MR) is 117 cm³/mol. The normalized spacial score (nSPS) is 17.9. The van der Waals surface area contributed by atoms with E-state index in [1.165, 1.54) is 35.3 Å². The number of ether oxygens (including phenoxy) is 1. The molecule has 1 aliphatic carbocycles. The number of anilines is 1. The molecule has 30 heavy (non-hydrogen) atoms. The molecule has 0 bridgehead atoms. The van der Waals surface area contributed by atoms with Crippen LogP contribution in [-0.2, 0) is 10.0 Å². The molecule has 8 heteroatoms. The molecule has 2 aromatic carbocycles. The maximum Gasteiger partial charge on any atom is 0.257 e. The summed E-state index contributed by atoms with van der Waals surface area (Å²) in [6.07, 6.45) is 6.52. The summed E-state index contributed by atoms with van der Waals surface area (Å²) in [5.41, 5.74) is 0.714. The van der Waals surface area contributed by atoms with Gasteiger partial charge in [0.15, 0.2) is 0 Å². The number of rotatable bonds is 6. The van der Waals surface area contributed by atoms with Crippen molar-refractivity contribution in [2.75, 3.05) is 18.4 Å². The molecule has 0 unspecified atom stereocenters. The molecule has 1 saturated carbocycles. The molecule has 2 aromatic rings. The monoisotopic (exact) mass is 448 g/mol. The van der Waals surface area contributed by atoms with E-state index in [1.807, 2.05) is 12.1 Å². The lowest BCUT2D eigenvalue weighted by atomic mass is 10.2. The average molecular weight is 449 g/mol. The Kier molecular flexibility index (Phi) is 6.32. The second-order valence-corrected chi connectivity index (χ2v) is 10.1. The minimum absolute atomic E-state index is 0.0826. The number of amides is 1. The fourth-order valence-corrected chi connectivity index (χ4v) is 5.68. The number of hydrogen-bond acceptors (Lipinski definition) is 4. The molecule has 1 heterocycles. The quantitative estimate of drug-likeness (QED) is 0.695. The van der Waals surface area contributed by atoms with Gasteiger partial charge in [0.1, 0.15) is 5.75 Å². The van der Waals surface area contributed by atoms with Crippen LogP contribution in [0.15, 0.2) is 47.4 Å². The Morgan fingerprint density at radius 3 is 2.33 bits per heavy atom. The Morgan fingerprint density at radius 2 is 1.67 bits per heavy atom. The summed E-state index contributed by atoms with van der Waals surface area (Å²) in [4.78, 5) is 12.8. The molecule has 1 aliphatic heterocycles. The summed E-state index contributed by atoms with van der Waals surface area (Å²) < 4.78 is 33.0. The molecule has 1 saturated heterocycles. The van der Waals surface area contributed by atoms with E-state index in [0.717, 1.165) is 31.4 Å². The number of carbonyl (C=O) groups is 1. The van der Waals surface area contributed by atoms with Gasteiger partial charge in [-0.25, -0.2) is 8.42 Å². The van der Waals surface area contributed by atoms with Crippen LogP contribution in [0.1, 0.15) is 48.9 Å². The van der Waals surface area contributed by atoms with Crippen molar-refractivity contribution in [3.63, 3.8) is 0 Å². The average Bonchev–Trinajstić information content (AvgIpc) is 3.44. The highest BCUT2D eigenvalue weighted by atomic mass is 35.5. The van der Waals surface area contributed by atoms with Gasteiger partial charge in [0.25, 0.3) is 5.91 Å². The van der Waals surface area contributed by atoms with E-state index >= 15 is 0 Å². The minimum atomic E-state index is -3.62. The van der Waals surface area contributed by atoms with Crippen molar-refractivity contribution in [1.29, 1.82) is 0 Å². The van der Waals surface area contributed by atoms with Gasteiger partial charge < -0.3 is 10.1 Å². The Bertz CT molecular complexity index is 1010. The maximum atomic E-state index is 12.8. The Morgan fingerprint density at radius 1 is 1.00 bits per heavy atom. The van der Waals surface area contributed by atoms with E-state index < -0.39 is 15.9 Å². The Balaban J connectivity index is 1.47.